The van der Waals surface area contributed by atoms with E-state index in [1.54, 1.807) is 4.90 Å². The number of hydrogen-bond donors (Lipinski definition) is 1. The lowest BCUT2D eigenvalue weighted by atomic mass is 9.98. The van der Waals surface area contributed by atoms with E-state index in [1.165, 1.54) is 30.4 Å². The molecule has 1 aromatic rings. The lowest BCUT2D eigenvalue weighted by molar-refractivity contribution is -0.117. The van der Waals surface area contributed by atoms with E-state index in [0.717, 1.165) is 18.7 Å². The Balaban J connectivity index is 2.17. The Morgan fingerprint density at radius 1 is 1.30 bits per heavy atom. The standard InChI is InChI=1S/C17H26N2O/c1-4-6-7-15(18-10-5-2)13-8-9-16-14(11-13)12-17(20)19(16)3/h8-9,11,15,18H,4-7,10,12H2,1-3H3. The fraction of sp³-hybridized carbons (Fsp3) is 0.588. The van der Waals surface area contributed by atoms with Crippen molar-refractivity contribution in [1.82, 2.24) is 5.32 Å². The van der Waals surface area contributed by atoms with Crippen LogP contribution in [0.3, 0.4) is 0 Å². The number of unbranched alkanes of at least 4 members (excludes halogenated alkanes) is 1. The first kappa shape index (κ1) is 15.0. The second-order valence-corrected chi connectivity index (χ2v) is 5.67. The Morgan fingerprint density at radius 2 is 2.10 bits per heavy atom. The van der Waals surface area contributed by atoms with Gasteiger partial charge >= 0.3 is 0 Å². The smallest absolute Gasteiger partial charge is 0.231 e. The highest BCUT2D eigenvalue weighted by molar-refractivity contribution is 6.00. The van der Waals surface area contributed by atoms with E-state index in [0.29, 0.717) is 12.5 Å². The molecule has 1 N–H and O–H groups in total. The lowest BCUT2D eigenvalue weighted by Crippen LogP contribution is -2.22. The van der Waals surface area contributed by atoms with Crippen molar-refractivity contribution < 1.29 is 4.79 Å². The highest BCUT2D eigenvalue weighted by Gasteiger charge is 2.24. The van der Waals surface area contributed by atoms with Crippen molar-refractivity contribution in [3.05, 3.63) is 29.3 Å². The molecule has 0 radical (unpaired) electrons. The number of amides is 1. The zero-order valence-electron chi connectivity index (χ0n) is 12.9. The second kappa shape index (κ2) is 6.89. The van der Waals surface area contributed by atoms with Gasteiger partial charge < -0.3 is 10.2 Å². The minimum atomic E-state index is 0.198. The minimum absolute atomic E-state index is 0.198. The van der Waals surface area contributed by atoms with Gasteiger partial charge in [0.15, 0.2) is 0 Å². The van der Waals surface area contributed by atoms with Crippen molar-refractivity contribution in [3.63, 3.8) is 0 Å². The van der Waals surface area contributed by atoms with Crippen molar-refractivity contribution in [3.8, 4) is 0 Å². The van der Waals surface area contributed by atoms with Gasteiger partial charge in [-0.25, -0.2) is 0 Å². The van der Waals surface area contributed by atoms with Gasteiger partial charge in [0.2, 0.25) is 5.91 Å². The number of carbonyl (C=O) groups excluding carboxylic acids is 1. The molecule has 0 spiro atoms. The van der Waals surface area contributed by atoms with Crippen molar-refractivity contribution in [2.75, 3.05) is 18.5 Å². The van der Waals surface area contributed by atoms with Gasteiger partial charge in [-0.1, -0.05) is 38.8 Å². The maximum absolute atomic E-state index is 11.8. The van der Waals surface area contributed by atoms with E-state index in [2.05, 4.69) is 37.4 Å². The molecular weight excluding hydrogens is 248 g/mol. The first-order valence-electron chi connectivity index (χ1n) is 7.80. The predicted molar refractivity (Wildman–Crippen MR) is 84.1 cm³/mol. The Kier molecular flexibility index (Phi) is 5.18. The molecule has 1 unspecified atom stereocenters. The van der Waals surface area contributed by atoms with Crippen LogP contribution in [-0.4, -0.2) is 19.5 Å². The van der Waals surface area contributed by atoms with Crippen LogP contribution in [0.4, 0.5) is 5.69 Å². The molecular formula is C17H26N2O. The van der Waals surface area contributed by atoms with E-state index in [4.69, 9.17) is 0 Å². The summed E-state index contributed by atoms with van der Waals surface area (Å²) in [7, 11) is 1.86. The highest BCUT2D eigenvalue weighted by atomic mass is 16.2. The molecule has 0 aromatic heterocycles. The van der Waals surface area contributed by atoms with Crippen LogP contribution in [0.2, 0.25) is 0 Å². The van der Waals surface area contributed by atoms with Gasteiger partial charge in [0.1, 0.15) is 0 Å². The minimum Gasteiger partial charge on any atom is -0.315 e. The molecule has 0 bridgehead atoms. The molecule has 0 saturated heterocycles. The summed E-state index contributed by atoms with van der Waals surface area (Å²) in [5, 5.41) is 3.64. The van der Waals surface area contributed by atoms with Crippen molar-refractivity contribution in [2.45, 2.75) is 52.0 Å². The normalized spacial score (nSPS) is 15.6. The number of nitrogens with zero attached hydrogens (tertiary/aromatic N) is 1. The number of likely N-dealkylation sites (N-methyl/N-ethyl adjacent to an activating group) is 1. The summed E-state index contributed by atoms with van der Waals surface area (Å²) in [5.41, 5.74) is 3.58. The molecule has 3 nitrogen and oxygen atoms in total. The van der Waals surface area contributed by atoms with Crippen molar-refractivity contribution in [1.29, 1.82) is 0 Å². The summed E-state index contributed by atoms with van der Waals surface area (Å²) in [4.78, 5) is 13.5. The SMILES string of the molecule is CCCCC(NCCC)c1ccc2c(c1)CC(=O)N2C. The van der Waals surface area contributed by atoms with Crippen LogP contribution in [0, 0.1) is 0 Å². The van der Waals surface area contributed by atoms with E-state index in [9.17, 15) is 4.79 Å². The number of nitrogens with one attached hydrogen (secondary N) is 1. The predicted octanol–water partition coefficient (Wildman–Crippen LogP) is 3.44. The van der Waals surface area contributed by atoms with Crippen LogP contribution in [0.5, 0.6) is 0 Å². The van der Waals surface area contributed by atoms with E-state index >= 15 is 0 Å². The van der Waals surface area contributed by atoms with Gasteiger partial charge in [-0.2, -0.15) is 0 Å². The molecule has 1 aliphatic heterocycles. The summed E-state index contributed by atoms with van der Waals surface area (Å²) in [6.07, 6.45) is 5.32. The highest BCUT2D eigenvalue weighted by Crippen LogP contribution is 2.31. The number of anilines is 1. The Bertz CT molecular complexity index is 462. The first-order valence-corrected chi connectivity index (χ1v) is 7.80. The van der Waals surface area contributed by atoms with Gasteiger partial charge in [0.05, 0.1) is 6.42 Å². The van der Waals surface area contributed by atoms with Crippen LogP contribution in [0.15, 0.2) is 18.2 Å². The third kappa shape index (κ3) is 3.21. The molecule has 1 atom stereocenters. The number of hydrogen-bond acceptors (Lipinski definition) is 2. The van der Waals surface area contributed by atoms with Gasteiger partial charge in [0, 0.05) is 18.8 Å². The molecule has 1 aromatic carbocycles. The van der Waals surface area contributed by atoms with Crippen LogP contribution in [0.1, 0.15) is 56.7 Å². The molecule has 110 valence electrons. The third-order valence-corrected chi connectivity index (χ3v) is 4.07. The second-order valence-electron chi connectivity index (χ2n) is 5.67. The number of rotatable bonds is 7. The quantitative estimate of drug-likeness (QED) is 0.826. The third-order valence-electron chi connectivity index (χ3n) is 4.07. The monoisotopic (exact) mass is 274 g/mol. The van der Waals surface area contributed by atoms with Crippen LogP contribution in [-0.2, 0) is 11.2 Å². The van der Waals surface area contributed by atoms with Crippen molar-refractivity contribution >= 4 is 11.6 Å². The van der Waals surface area contributed by atoms with E-state index in [1.807, 2.05) is 7.05 Å². The summed E-state index contributed by atoms with van der Waals surface area (Å²) < 4.78 is 0. The number of carbonyl (C=O) groups is 1. The zero-order valence-corrected chi connectivity index (χ0v) is 12.9. The maximum Gasteiger partial charge on any atom is 0.231 e. The van der Waals surface area contributed by atoms with E-state index < -0.39 is 0 Å². The zero-order chi connectivity index (χ0) is 14.5. The van der Waals surface area contributed by atoms with Crippen LogP contribution >= 0.6 is 0 Å². The topological polar surface area (TPSA) is 32.3 Å². The lowest BCUT2D eigenvalue weighted by Gasteiger charge is -2.20. The molecule has 2 rings (SSSR count). The fourth-order valence-electron chi connectivity index (χ4n) is 2.82. The average Bonchev–Trinajstić information content (AvgIpc) is 2.74. The molecule has 1 heterocycles. The molecule has 0 aliphatic carbocycles. The first-order chi connectivity index (χ1) is 9.67. The van der Waals surface area contributed by atoms with Gasteiger partial charge in [-0.05, 0) is 36.6 Å². The Hall–Kier alpha value is -1.35. The number of fused-ring (bicyclic) bond motifs is 1. The van der Waals surface area contributed by atoms with Crippen molar-refractivity contribution in [2.24, 2.45) is 0 Å². The molecule has 1 amide bonds. The molecule has 20 heavy (non-hydrogen) atoms. The largest absolute Gasteiger partial charge is 0.315 e. The molecule has 0 fully saturated rings. The van der Waals surface area contributed by atoms with Crippen LogP contribution in [0.25, 0.3) is 0 Å². The maximum atomic E-state index is 11.8. The summed E-state index contributed by atoms with van der Waals surface area (Å²) >= 11 is 0. The van der Waals surface area contributed by atoms with E-state index in [-0.39, 0.29) is 5.91 Å². The Morgan fingerprint density at radius 3 is 2.80 bits per heavy atom. The Labute approximate surface area is 122 Å². The van der Waals surface area contributed by atoms with Gasteiger partial charge in [0.25, 0.3) is 0 Å². The van der Waals surface area contributed by atoms with Gasteiger partial charge in [-0.3, -0.25) is 4.79 Å². The van der Waals surface area contributed by atoms with Crippen LogP contribution < -0.4 is 10.2 Å². The molecule has 3 heteroatoms. The summed E-state index contributed by atoms with van der Waals surface area (Å²) in [6, 6.07) is 6.92. The summed E-state index contributed by atoms with van der Waals surface area (Å²) in [5.74, 6) is 0.198. The fourth-order valence-corrected chi connectivity index (χ4v) is 2.82. The van der Waals surface area contributed by atoms with Gasteiger partial charge in [-0.15, -0.1) is 0 Å². The molecule has 0 saturated carbocycles. The number of benzene rings is 1. The summed E-state index contributed by atoms with van der Waals surface area (Å²) in [6.45, 7) is 5.47. The average molecular weight is 274 g/mol. The molecule has 1 aliphatic rings.